The zero-order chi connectivity index (χ0) is 20.7. The molecule has 4 rings (SSSR count). The molecule has 2 nitrogen and oxygen atoms in total. The molecule has 3 aromatic rings. The molecule has 1 unspecified atom stereocenters. The molecule has 1 heterocycles. The average molecular weight is 385 g/mol. The monoisotopic (exact) mass is 384 g/mol. The Labute approximate surface area is 173 Å². The summed E-state index contributed by atoms with van der Waals surface area (Å²) in [5.41, 5.74) is 8.56. The van der Waals surface area contributed by atoms with Crippen molar-refractivity contribution in [3.05, 3.63) is 88.0 Å². The molecule has 29 heavy (non-hydrogen) atoms. The number of ketones is 1. The number of rotatable bonds is 3. The normalized spacial score (nSPS) is 15.9. The van der Waals surface area contributed by atoms with E-state index in [2.05, 4.69) is 82.3 Å². The summed E-state index contributed by atoms with van der Waals surface area (Å²) in [6, 6.07) is 19.0. The summed E-state index contributed by atoms with van der Waals surface area (Å²) >= 11 is 0. The van der Waals surface area contributed by atoms with Crippen LogP contribution in [0.2, 0.25) is 0 Å². The first kappa shape index (κ1) is 19.4. The van der Waals surface area contributed by atoms with Crippen molar-refractivity contribution in [2.24, 2.45) is 0 Å². The smallest absolute Gasteiger partial charge is 0.170 e. The van der Waals surface area contributed by atoms with Crippen LogP contribution < -0.4 is 4.74 Å². The third-order valence-corrected chi connectivity index (χ3v) is 5.90. The van der Waals surface area contributed by atoms with E-state index in [1.807, 2.05) is 6.92 Å². The summed E-state index contributed by atoms with van der Waals surface area (Å²) in [4.78, 5) is 13.1. The Morgan fingerprint density at radius 2 is 1.48 bits per heavy atom. The number of hydrogen-bond donors (Lipinski definition) is 0. The highest BCUT2D eigenvalue weighted by Gasteiger charge is 2.32. The molecule has 0 fully saturated rings. The van der Waals surface area contributed by atoms with Gasteiger partial charge in [-0.25, -0.2) is 0 Å². The molecule has 0 aliphatic carbocycles. The summed E-state index contributed by atoms with van der Waals surface area (Å²) in [5, 5.41) is 0. The molecule has 3 aromatic carbocycles. The molecule has 0 saturated heterocycles. The Balaban J connectivity index is 1.83. The number of carbonyl (C=O) groups excluding carboxylic acids is 1. The van der Waals surface area contributed by atoms with Crippen LogP contribution in [-0.2, 0) is 0 Å². The highest BCUT2D eigenvalue weighted by molar-refractivity contribution is 6.04. The fourth-order valence-corrected chi connectivity index (χ4v) is 4.23. The van der Waals surface area contributed by atoms with Crippen LogP contribution in [0.3, 0.4) is 0 Å². The summed E-state index contributed by atoms with van der Waals surface area (Å²) in [6.07, 6.45) is 0.136. The van der Waals surface area contributed by atoms with Gasteiger partial charge in [-0.15, -0.1) is 0 Å². The van der Waals surface area contributed by atoms with Crippen molar-refractivity contribution >= 4 is 5.78 Å². The second-order valence-corrected chi connectivity index (χ2v) is 8.51. The number of benzene rings is 3. The molecule has 1 atom stereocenters. The number of hydrogen-bond acceptors (Lipinski definition) is 2. The van der Waals surface area contributed by atoms with Crippen molar-refractivity contribution in [1.29, 1.82) is 0 Å². The molecule has 1 aliphatic heterocycles. The van der Waals surface area contributed by atoms with Crippen molar-refractivity contribution in [2.45, 2.75) is 53.1 Å². The molecule has 2 heteroatoms. The van der Waals surface area contributed by atoms with Gasteiger partial charge in [0.05, 0.1) is 12.0 Å². The summed E-state index contributed by atoms with van der Waals surface area (Å²) in [6.45, 7) is 10.6. The molecular formula is C27H28O2. The van der Waals surface area contributed by atoms with Gasteiger partial charge in [-0.1, -0.05) is 74.0 Å². The number of ether oxygens (including phenoxy) is 1. The number of fused-ring (bicyclic) bond motifs is 1. The van der Waals surface area contributed by atoms with Gasteiger partial charge in [0.25, 0.3) is 0 Å². The molecule has 148 valence electrons. The highest BCUT2D eigenvalue weighted by Crippen LogP contribution is 2.45. The van der Waals surface area contributed by atoms with Crippen LogP contribution in [-0.4, -0.2) is 5.78 Å². The van der Waals surface area contributed by atoms with Gasteiger partial charge < -0.3 is 4.74 Å². The summed E-state index contributed by atoms with van der Waals surface area (Å²) in [5.74, 6) is 1.39. The molecule has 0 aromatic heterocycles. The second kappa shape index (κ2) is 7.51. The molecular weight excluding hydrogens is 356 g/mol. The van der Waals surface area contributed by atoms with Crippen molar-refractivity contribution in [1.82, 2.24) is 0 Å². The van der Waals surface area contributed by atoms with Crippen LogP contribution in [0.1, 0.15) is 70.5 Å². The van der Waals surface area contributed by atoms with Crippen LogP contribution >= 0.6 is 0 Å². The second-order valence-electron chi connectivity index (χ2n) is 8.51. The molecule has 0 spiro atoms. The Morgan fingerprint density at radius 1 is 0.862 bits per heavy atom. The maximum Gasteiger partial charge on any atom is 0.170 e. The summed E-state index contributed by atoms with van der Waals surface area (Å²) in [7, 11) is 0. The van der Waals surface area contributed by atoms with E-state index in [-0.39, 0.29) is 11.9 Å². The molecule has 1 aliphatic rings. The minimum atomic E-state index is -0.245. The summed E-state index contributed by atoms with van der Waals surface area (Å²) < 4.78 is 6.53. The topological polar surface area (TPSA) is 26.3 Å². The lowest BCUT2D eigenvalue weighted by Crippen LogP contribution is -2.22. The Hall–Kier alpha value is -2.87. The first-order chi connectivity index (χ1) is 13.8. The lowest BCUT2D eigenvalue weighted by molar-refractivity contribution is 0.0850. The standard InChI is InChI=1S/C27H28O2/c1-16(2)20-10-12-22(13-11-20)25-18(4)14-19(5)26-23(28)15-24(29-27(25)26)21-8-6-17(3)7-9-21/h6-14,16,24H,15H2,1-5H3. The van der Waals surface area contributed by atoms with E-state index in [4.69, 9.17) is 4.74 Å². The molecule has 0 amide bonds. The van der Waals surface area contributed by atoms with E-state index in [1.54, 1.807) is 0 Å². The van der Waals surface area contributed by atoms with Crippen molar-refractivity contribution in [3.63, 3.8) is 0 Å². The SMILES string of the molecule is Cc1ccc(C2CC(=O)c3c(C)cc(C)c(-c4ccc(C(C)C)cc4)c3O2)cc1. The molecule has 0 radical (unpaired) electrons. The molecule has 0 bridgehead atoms. The Kier molecular flexibility index (Phi) is 5.04. The van der Waals surface area contributed by atoms with Crippen molar-refractivity contribution in [2.75, 3.05) is 0 Å². The predicted octanol–water partition coefficient (Wildman–Crippen LogP) is 7.11. The van der Waals surface area contributed by atoms with Crippen molar-refractivity contribution < 1.29 is 9.53 Å². The molecule has 0 saturated carbocycles. The van der Waals surface area contributed by atoms with Crippen LogP contribution in [0, 0.1) is 20.8 Å². The Bertz CT molecular complexity index is 1060. The van der Waals surface area contributed by atoms with Crippen molar-refractivity contribution in [3.8, 4) is 16.9 Å². The minimum Gasteiger partial charge on any atom is -0.484 e. The van der Waals surface area contributed by atoms with E-state index in [1.165, 1.54) is 11.1 Å². The van der Waals surface area contributed by atoms with E-state index in [0.717, 1.165) is 39.1 Å². The van der Waals surface area contributed by atoms with E-state index in [9.17, 15) is 4.79 Å². The van der Waals surface area contributed by atoms with Gasteiger partial charge in [-0.05, 0) is 54.5 Å². The van der Waals surface area contributed by atoms with Gasteiger partial charge in [-0.3, -0.25) is 4.79 Å². The Morgan fingerprint density at radius 3 is 2.10 bits per heavy atom. The van der Waals surface area contributed by atoms with E-state index < -0.39 is 0 Å². The van der Waals surface area contributed by atoms with Crippen LogP contribution in [0.25, 0.3) is 11.1 Å². The van der Waals surface area contributed by atoms with Gasteiger partial charge >= 0.3 is 0 Å². The van der Waals surface area contributed by atoms with Crippen LogP contribution in [0.5, 0.6) is 5.75 Å². The quantitative estimate of drug-likeness (QED) is 0.481. The highest BCUT2D eigenvalue weighted by atomic mass is 16.5. The zero-order valence-corrected chi connectivity index (χ0v) is 17.9. The first-order valence-electron chi connectivity index (χ1n) is 10.4. The predicted molar refractivity (Wildman–Crippen MR) is 119 cm³/mol. The third kappa shape index (κ3) is 3.60. The van der Waals surface area contributed by atoms with Gasteiger partial charge in [0.2, 0.25) is 0 Å². The fraction of sp³-hybridized carbons (Fsp3) is 0.296. The lowest BCUT2D eigenvalue weighted by Gasteiger charge is -2.29. The maximum absolute atomic E-state index is 13.1. The average Bonchev–Trinajstić information content (AvgIpc) is 2.68. The largest absolute Gasteiger partial charge is 0.484 e. The molecule has 0 N–H and O–H groups in total. The maximum atomic E-state index is 13.1. The van der Waals surface area contributed by atoms with Gasteiger partial charge in [0.15, 0.2) is 5.78 Å². The number of aryl methyl sites for hydroxylation is 3. The minimum absolute atomic E-state index is 0.161. The van der Waals surface area contributed by atoms with E-state index in [0.29, 0.717) is 12.3 Å². The van der Waals surface area contributed by atoms with Gasteiger partial charge in [-0.2, -0.15) is 0 Å². The van der Waals surface area contributed by atoms with E-state index >= 15 is 0 Å². The number of Topliss-reactive ketones (excluding diaryl/α,β-unsaturated/α-hetero) is 1. The third-order valence-electron chi connectivity index (χ3n) is 5.90. The van der Waals surface area contributed by atoms with Gasteiger partial charge in [0.1, 0.15) is 11.9 Å². The van der Waals surface area contributed by atoms with Crippen LogP contribution in [0.15, 0.2) is 54.6 Å². The lowest BCUT2D eigenvalue weighted by atomic mass is 9.87. The van der Waals surface area contributed by atoms with Gasteiger partial charge in [0, 0.05) is 5.56 Å². The van der Waals surface area contributed by atoms with Crippen LogP contribution in [0.4, 0.5) is 0 Å². The number of carbonyl (C=O) groups is 1. The zero-order valence-electron chi connectivity index (χ0n) is 17.9. The first-order valence-corrected chi connectivity index (χ1v) is 10.4. The fourth-order valence-electron chi connectivity index (χ4n) is 4.23.